The molecule has 1 aromatic carbocycles. The van der Waals surface area contributed by atoms with Crippen molar-refractivity contribution in [2.75, 3.05) is 27.2 Å². The number of benzene rings is 1. The fraction of sp³-hybridized carbons (Fsp3) is 0.600. The van der Waals surface area contributed by atoms with Gasteiger partial charge in [-0.2, -0.15) is 0 Å². The molecule has 2 nitrogen and oxygen atoms in total. The highest BCUT2D eigenvalue weighted by molar-refractivity contribution is 5.24. The molecule has 0 unspecified atom stereocenters. The number of nitrogens with one attached hydrogen (secondary N) is 1. The molecular formula is C15H25FN2. The molecule has 1 aromatic rings. The van der Waals surface area contributed by atoms with Crippen LogP contribution in [-0.4, -0.2) is 37.6 Å². The van der Waals surface area contributed by atoms with Gasteiger partial charge in [0.05, 0.1) is 0 Å². The molecule has 0 saturated heterocycles. The molecule has 0 aliphatic carbocycles. The monoisotopic (exact) mass is 252 g/mol. The van der Waals surface area contributed by atoms with Gasteiger partial charge in [0.15, 0.2) is 0 Å². The molecule has 0 amide bonds. The summed E-state index contributed by atoms with van der Waals surface area (Å²) < 4.78 is 13.1. The Hall–Kier alpha value is -0.930. The second kappa shape index (κ2) is 6.30. The van der Waals surface area contributed by atoms with Gasteiger partial charge in [-0.25, -0.2) is 4.39 Å². The Morgan fingerprint density at radius 3 is 2.56 bits per heavy atom. The normalized spacial score (nSPS) is 12.2. The molecule has 0 atom stereocenters. The van der Waals surface area contributed by atoms with Crippen molar-refractivity contribution in [2.24, 2.45) is 0 Å². The number of nitrogens with zero attached hydrogens (tertiary/aromatic N) is 1. The fourth-order valence-electron chi connectivity index (χ4n) is 2.02. The summed E-state index contributed by atoms with van der Waals surface area (Å²) in [7, 11) is 4.10. The first-order chi connectivity index (χ1) is 8.34. The smallest absolute Gasteiger partial charge is 0.126 e. The Kier molecular flexibility index (Phi) is 5.29. The van der Waals surface area contributed by atoms with Gasteiger partial charge in [-0.15, -0.1) is 0 Å². The molecule has 0 aromatic heterocycles. The molecule has 0 heterocycles. The lowest BCUT2D eigenvalue weighted by Crippen LogP contribution is -2.46. The summed E-state index contributed by atoms with van der Waals surface area (Å²) in [5.74, 6) is -0.122. The van der Waals surface area contributed by atoms with Crippen LogP contribution in [0.3, 0.4) is 0 Å². The van der Waals surface area contributed by atoms with Crippen molar-refractivity contribution in [1.82, 2.24) is 10.2 Å². The van der Waals surface area contributed by atoms with E-state index in [2.05, 4.69) is 31.1 Å². The number of likely N-dealkylation sites (N-methyl/N-ethyl adjacent to an activating group) is 2. The highest BCUT2D eigenvalue weighted by Gasteiger charge is 2.16. The summed E-state index contributed by atoms with van der Waals surface area (Å²) in [6.45, 7) is 8.16. The summed E-state index contributed by atoms with van der Waals surface area (Å²) in [5.41, 5.74) is 2.04. The summed E-state index contributed by atoms with van der Waals surface area (Å²) in [5, 5.41) is 3.30. The minimum atomic E-state index is -0.122. The largest absolute Gasteiger partial charge is 0.314 e. The molecular weight excluding hydrogens is 227 g/mol. The highest BCUT2D eigenvalue weighted by atomic mass is 19.1. The van der Waals surface area contributed by atoms with Crippen molar-refractivity contribution in [3.05, 3.63) is 35.1 Å². The van der Waals surface area contributed by atoms with E-state index in [-0.39, 0.29) is 11.4 Å². The van der Waals surface area contributed by atoms with E-state index in [9.17, 15) is 4.39 Å². The Labute approximate surface area is 110 Å². The Bertz CT molecular complexity index is 388. The standard InChI is InChI=1S/C15H25FN2/c1-12-10-13(6-7-14(12)16)8-9-18(5)11-15(2,3)17-4/h6-7,10,17H,8-9,11H2,1-5H3. The summed E-state index contributed by atoms with van der Waals surface area (Å²) in [4.78, 5) is 2.30. The first-order valence-electron chi connectivity index (χ1n) is 6.46. The average Bonchev–Trinajstić information content (AvgIpc) is 2.30. The van der Waals surface area contributed by atoms with Gasteiger partial charge in [0.25, 0.3) is 0 Å². The van der Waals surface area contributed by atoms with Crippen LogP contribution >= 0.6 is 0 Å². The lowest BCUT2D eigenvalue weighted by atomic mass is 10.0. The molecule has 102 valence electrons. The molecule has 0 aliphatic heterocycles. The van der Waals surface area contributed by atoms with Crippen LogP contribution in [0.5, 0.6) is 0 Å². The average molecular weight is 252 g/mol. The lowest BCUT2D eigenvalue weighted by Gasteiger charge is -2.30. The number of hydrogen-bond acceptors (Lipinski definition) is 2. The van der Waals surface area contributed by atoms with Crippen LogP contribution < -0.4 is 5.32 Å². The van der Waals surface area contributed by atoms with E-state index in [1.807, 2.05) is 26.1 Å². The predicted molar refractivity (Wildman–Crippen MR) is 75.5 cm³/mol. The molecule has 0 fully saturated rings. The quantitative estimate of drug-likeness (QED) is 0.837. The number of halogens is 1. The second-order valence-corrected chi connectivity index (χ2v) is 5.71. The van der Waals surface area contributed by atoms with Crippen molar-refractivity contribution < 1.29 is 4.39 Å². The second-order valence-electron chi connectivity index (χ2n) is 5.71. The van der Waals surface area contributed by atoms with Crippen LogP contribution in [0.4, 0.5) is 4.39 Å². The molecule has 18 heavy (non-hydrogen) atoms. The summed E-state index contributed by atoms with van der Waals surface area (Å²) in [6, 6.07) is 5.37. The Balaban J connectivity index is 2.47. The van der Waals surface area contributed by atoms with Gasteiger partial charge < -0.3 is 10.2 Å². The number of aryl methyl sites for hydroxylation is 1. The lowest BCUT2D eigenvalue weighted by molar-refractivity contribution is 0.246. The molecule has 0 bridgehead atoms. The van der Waals surface area contributed by atoms with Gasteiger partial charge in [0, 0.05) is 18.6 Å². The van der Waals surface area contributed by atoms with E-state index < -0.39 is 0 Å². The van der Waals surface area contributed by atoms with Crippen molar-refractivity contribution in [1.29, 1.82) is 0 Å². The third kappa shape index (κ3) is 4.75. The Morgan fingerprint density at radius 1 is 1.33 bits per heavy atom. The third-order valence-electron chi connectivity index (χ3n) is 3.35. The van der Waals surface area contributed by atoms with Crippen LogP contribution in [0, 0.1) is 12.7 Å². The van der Waals surface area contributed by atoms with Gasteiger partial charge in [0.2, 0.25) is 0 Å². The molecule has 3 heteroatoms. The van der Waals surface area contributed by atoms with E-state index in [4.69, 9.17) is 0 Å². The van der Waals surface area contributed by atoms with E-state index in [1.165, 1.54) is 5.56 Å². The maximum Gasteiger partial charge on any atom is 0.126 e. The SMILES string of the molecule is CNC(C)(C)CN(C)CCc1ccc(F)c(C)c1. The van der Waals surface area contributed by atoms with E-state index in [1.54, 1.807) is 6.07 Å². The van der Waals surface area contributed by atoms with Crippen molar-refractivity contribution >= 4 is 0 Å². The van der Waals surface area contributed by atoms with E-state index in [0.717, 1.165) is 25.1 Å². The first-order valence-corrected chi connectivity index (χ1v) is 6.46. The van der Waals surface area contributed by atoms with E-state index in [0.29, 0.717) is 0 Å². The first kappa shape index (κ1) is 15.1. The van der Waals surface area contributed by atoms with Gasteiger partial charge in [-0.05, 0) is 58.5 Å². The summed E-state index contributed by atoms with van der Waals surface area (Å²) >= 11 is 0. The maximum absolute atomic E-state index is 13.1. The van der Waals surface area contributed by atoms with Crippen molar-refractivity contribution in [3.8, 4) is 0 Å². The maximum atomic E-state index is 13.1. The van der Waals surface area contributed by atoms with Crippen LogP contribution in [0.2, 0.25) is 0 Å². The molecule has 0 radical (unpaired) electrons. The van der Waals surface area contributed by atoms with Gasteiger partial charge in [-0.3, -0.25) is 0 Å². The zero-order valence-corrected chi connectivity index (χ0v) is 12.2. The molecule has 0 aliphatic rings. The summed E-state index contributed by atoms with van der Waals surface area (Å²) in [6.07, 6.45) is 0.956. The van der Waals surface area contributed by atoms with Gasteiger partial charge >= 0.3 is 0 Å². The van der Waals surface area contributed by atoms with Crippen LogP contribution in [0.15, 0.2) is 18.2 Å². The zero-order valence-electron chi connectivity index (χ0n) is 12.2. The zero-order chi connectivity index (χ0) is 13.8. The molecule has 0 spiro atoms. The third-order valence-corrected chi connectivity index (χ3v) is 3.35. The Morgan fingerprint density at radius 2 is 2.00 bits per heavy atom. The minimum Gasteiger partial charge on any atom is -0.314 e. The number of hydrogen-bond donors (Lipinski definition) is 1. The minimum absolute atomic E-state index is 0.119. The van der Waals surface area contributed by atoms with Gasteiger partial charge in [-0.1, -0.05) is 12.1 Å². The van der Waals surface area contributed by atoms with Gasteiger partial charge in [0.1, 0.15) is 5.82 Å². The van der Waals surface area contributed by atoms with Crippen molar-refractivity contribution in [3.63, 3.8) is 0 Å². The van der Waals surface area contributed by atoms with Crippen LogP contribution in [0.1, 0.15) is 25.0 Å². The van der Waals surface area contributed by atoms with Crippen LogP contribution in [0.25, 0.3) is 0 Å². The fourth-order valence-corrected chi connectivity index (χ4v) is 2.02. The van der Waals surface area contributed by atoms with Crippen molar-refractivity contribution in [2.45, 2.75) is 32.7 Å². The molecule has 0 saturated carbocycles. The molecule has 1 N–H and O–H groups in total. The number of rotatable bonds is 6. The predicted octanol–water partition coefficient (Wildman–Crippen LogP) is 2.61. The molecule has 1 rings (SSSR count). The highest BCUT2D eigenvalue weighted by Crippen LogP contribution is 2.11. The van der Waals surface area contributed by atoms with E-state index >= 15 is 0 Å². The topological polar surface area (TPSA) is 15.3 Å². The van der Waals surface area contributed by atoms with Crippen LogP contribution in [-0.2, 0) is 6.42 Å².